The average molecular weight is 853 g/mol. The van der Waals surface area contributed by atoms with Crippen LogP contribution in [0.25, 0.3) is 27.2 Å². The minimum atomic E-state index is -3.98. The van der Waals surface area contributed by atoms with Gasteiger partial charge < -0.3 is 15.0 Å². The van der Waals surface area contributed by atoms with Gasteiger partial charge in [-0.05, 0) is 69.0 Å². The van der Waals surface area contributed by atoms with Crippen molar-refractivity contribution in [3.05, 3.63) is 135 Å². The Morgan fingerprint density at radius 3 is 2.41 bits per heavy atom. The van der Waals surface area contributed by atoms with Gasteiger partial charge in [0.25, 0.3) is 15.9 Å². The molecule has 3 aromatic carbocycles. The maximum Gasteiger partial charge on any atom is 0.308 e. The van der Waals surface area contributed by atoms with Crippen molar-refractivity contribution in [1.82, 2.24) is 35.0 Å². The molecule has 0 unspecified atom stereocenters. The smallest absolute Gasteiger partial charge is 0.308 e. The number of thiophene rings is 1. The number of nitrogens with zero attached hydrogens (tertiary/aromatic N) is 7. The molecule has 5 heterocycles. The summed E-state index contributed by atoms with van der Waals surface area (Å²) in [5.74, 6) is 0.428. The Hall–Kier alpha value is -7.03. The molecule has 0 aliphatic carbocycles. The van der Waals surface area contributed by atoms with E-state index in [4.69, 9.17) is 9.73 Å². The maximum atomic E-state index is 13.4. The fourth-order valence-corrected chi connectivity index (χ4v) is 9.73. The summed E-state index contributed by atoms with van der Waals surface area (Å²) in [6.07, 6.45) is 5.21. The zero-order valence-electron chi connectivity index (χ0n) is 34.1. The Bertz CT molecular complexity index is 3030. The Labute approximate surface area is 355 Å². The number of anilines is 1. The molecule has 1 aliphatic rings. The van der Waals surface area contributed by atoms with Crippen LogP contribution in [0.15, 0.2) is 89.1 Å². The van der Waals surface area contributed by atoms with Gasteiger partial charge in [0.1, 0.15) is 28.6 Å². The summed E-state index contributed by atoms with van der Waals surface area (Å²) in [7, 11) is -2.63. The molecular weight excluding hydrogens is 813 g/mol. The number of aromatic amines is 1. The standard InChI is InChI=1S/C44H40N10O5S2/c1-7-27-14-17-33(41-39(27)31(19-45)20-48-41)53-61(57,58)32-15-12-28(13-16-32)24(3)49-43(56)36-22-46-35(21-47-36)29-8-10-30(11-9-29)40-38-23(2)25(4)60-44(38)54-26(5)51-52-42(54)34(50-40)18-37(55)59-6/h8-17,20-22,24,34,48,53H,7,18H2,1-6H3,(H,49,56)/t24-,34+/m1/s1. The minimum Gasteiger partial charge on any atom is -0.469 e. The van der Waals surface area contributed by atoms with Crippen LogP contribution in [0.5, 0.6) is 0 Å². The minimum absolute atomic E-state index is 0.00548. The molecule has 3 N–H and O–H groups in total. The Morgan fingerprint density at radius 1 is 1.00 bits per heavy atom. The number of nitriles is 1. The second-order valence-electron chi connectivity index (χ2n) is 14.6. The number of carbonyl (C=O) groups excluding carboxylic acids is 2. The molecule has 15 nitrogen and oxygen atoms in total. The Morgan fingerprint density at radius 2 is 1.74 bits per heavy atom. The van der Waals surface area contributed by atoms with E-state index in [1.807, 2.05) is 48.7 Å². The molecule has 0 radical (unpaired) electrons. The van der Waals surface area contributed by atoms with E-state index in [-0.39, 0.29) is 17.0 Å². The summed E-state index contributed by atoms with van der Waals surface area (Å²) >= 11 is 1.63. The van der Waals surface area contributed by atoms with Gasteiger partial charge in [-0.3, -0.25) is 28.9 Å². The maximum absolute atomic E-state index is 13.4. The fraction of sp³-hybridized carbons (Fsp3) is 0.227. The number of rotatable bonds is 11. The number of ether oxygens (including phenoxy) is 1. The lowest BCUT2D eigenvalue weighted by Gasteiger charge is -2.15. The first kappa shape index (κ1) is 40.7. The molecule has 0 saturated carbocycles. The molecule has 0 fully saturated rings. The molecule has 7 aromatic rings. The fourth-order valence-electron chi connectivity index (χ4n) is 7.44. The highest BCUT2D eigenvalue weighted by Gasteiger charge is 2.33. The topological polar surface area (TPSA) is 210 Å². The van der Waals surface area contributed by atoms with Crippen molar-refractivity contribution in [2.24, 2.45) is 4.99 Å². The van der Waals surface area contributed by atoms with E-state index in [0.29, 0.717) is 51.5 Å². The second-order valence-corrected chi connectivity index (χ2v) is 17.5. The molecule has 0 saturated heterocycles. The van der Waals surface area contributed by atoms with Crippen molar-refractivity contribution in [3.63, 3.8) is 0 Å². The lowest BCUT2D eigenvalue weighted by Crippen LogP contribution is -2.27. The lowest BCUT2D eigenvalue weighted by atomic mass is 9.98. The van der Waals surface area contributed by atoms with Crippen molar-refractivity contribution >= 4 is 55.5 Å². The van der Waals surface area contributed by atoms with Gasteiger partial charge in [0.05, 0.1) is 65.0 Å². The van der Waals surface area contributed by atoms with Gasteiger partial charge in [0, 0.05) is 33.2 Å². The quantitative estimate of drug-likeness (QED) is 0.110. The van der Waals surface area contributed by atoms with Crippen molar-refractivity contribution < 1.29 is 22.7 Å². The summed E-state index contributed by atoms with van der Waals surface area (Å²) in [6.45, 7) is 9.77. The number of aryl methyl sites for hydroxylation is 3. The van der Waals surface area contributed by atoms with Gasteiger partial charge >= 0.3 is 5.97 Å². The molecule has 2 atom stereocenters. The van der Waals surface area contributed by atoms with Gasteiger partial charge in [-0.1, -0.05) is 49.4 Å². The molecule has 61 heavy (non-hydrogen) atoms. The van der Waals surface area contributed by atoms with Crippen molar-refractivity contribution in [1.29, 1.82) is 5.26 Å². The van der Waals surface area contributed by atoms with E-state index in [1.54, 1.807) is 42.7 Å². The van der Waals surface area contributed by atoms with E-state index in [0.717, 1.165) is 43.4 Å². The number of hydrogen-bond acceptors (Lipinski definition) is 12. The van der Waals surface area contributed by atoms with Crippen LogP contribution in [-0.4, -0.2) is 62.8 Å². The van der Waals surface area contributed by atoms with Crippen LogP contribution in [0, 0.1) is 32.1 Å². The number of H-pyrrole nitrogens is 1. The zero-order valence-corrected chi connectivity index (χ0v) is 35.7. The first-order chi connectivity index (χ1) is 29.3. The predicted molar refractivity (Wildman–Crippen MR) is 231 cm³/mol. The third-order valence-corrected chi connectivity index (χ3v) is 13.4. The van der Waals surface area contributed by atoms with Crippen LogP contribution >= 0.6 is 11.3 Å². The molecule has 4 aromatic heterocycles. The average Bonchev–Trinajstić information content (AvgIpc) is 3.94. The number of esters is 1. The van der Waals surface area contributed by atoms with Crippen LogP contribution in [0.4, 0.5) is 5.69 Å². The van der Waals surface area contributed by atoms with Crippen LogP contribution < -0.4 is 10.0 Å². The number of aromatic nitrogens is 6. The summed E-state index contributed by atoms with van der Waals surface area (Å²) < 4.78 is 36.4. The van der Waals surface area contributed by atoms with Crippen LogP contribution in [0.2, 0.25) is 0 Å². The number of aliphatic imine (C=N–C) groups is 1. The predicted octanol–water partition coefficient (Wildman–Crippen LogP) is 7.37. The number of hydrogen-bond donors (Lipinski definition) is 3. The molecule has 17 heteroatoms. The van der Waals surface area contributed by atoms with Gasteiger partial charge in [0.15, 0.2) is 5.82 Å². The SMILES string of the molecule is CCc1ccc(NS(=O)(=O)c2ccc([C@@H](C)NC(=O)c3cnc(-c4ccc(C5=N[C@@H](CC(=O)OC)c6nnc(C)n6-c6sc(C)c(C)c65)cc4)cn3)cc2)c2[nH]cc(C#N)c12. The number of benzene rings is 3. The number of nitrogens with one attached hydrogen (secondary N) is 3. The van der Waals surface area contributed by atoms with E-state index in [1.165, 1.54) is 31.6 Å². The third-order valence-electron chi connectivity index (χ3n) is 10.9. The summed E-state index contributed by atoms with van der Waals surface area (Å²) in [4.78, 5) is 44.0. The van der Waals surface area contributed by atoms with E-state index in [2.05, 4.69) is 55.1 Å². The van der Waals surface area contributed by atoms with Crippen LogP contribution in [0.3, 0.4) is 0 Å². The van der Waals surface area contributed by atoms with Crippen molar-refractivity contribution in [2.75, 3.05) is 11.8 Å². The van der Waals surface area contributed by atoms with Crippen molar-refractivity contribution in [2.45, 2.75) is 64.4 Å². The number of carbonyl (C=O) groups is 2. The second kappa shape index (κ2) is 16.2. The van der Waals surface area contributed by atoms with E-state index >= 15 is 0 Å². The summed E-state index contributed by atoms with van der Waals surface area (Å²) in [6, 6.07) is 18.5. The molecular formula is C44H40N10O5S2. The molecule has 1 aliphatic heterocycles. The molecule has 1 amide bonds. The number of fused-ring (bicyclic) bond motifs is 4. The normalized spacial score (nSPS) is 14.0. The largest absolute Gasteiger partial charge is 0.469 e. The highest BCUT2D eigenvalue weighted by Crippen LogP contribution is 2.40. The monoisotopic (exact) mass is 852 g/mol. The van der Waals surface area contributed by atoms with Gasteiger partial charge in [-0.2, -0.15) is 5.26 Å². The molecule has 0 spiro atoms. The Balaban J connectivity index is 0.959. The lowest BCUT2D eigenvalue weighted by molar-refractivity contribution is -0.141. The first-order valence-corrected chi connectivity index (χ1v) is 21.7. The van der Waals surface area contributed by atoms with Gasteiger partial charge in [-0.25, -0.2) is 13.4 Å². The molecule has 0 bridgehead atoms. The molecule has 308 valence electrons. The van der Waals surface area contributed by atoms with Crippen LogP contribution in [0.1, 0.15) is 92.7 Å². The first-order valence-electron chi connectivity index (χ1n) is 19.4. The highest BCUT2D eigenvalue weighted by atomic mass is 32.2. The van der Waals surface area contributed by atoms with Crippen molar-refractivity contribution in [3.8, 4) is 22.3 Å². The number of amides is 1. The zero-order chi connectivity index (χ0) is 43.2. The Kier molecular flexibility index (Phi) is 10.8. The third kappa shape index (κ3) is 7.55. The van der Waals surface area contributed by atoms with E-state index in [9.17, 15) is 23.3 Å². The summed E-state index contributed by atoms with van der Waals surface area (Å²) in [5, 5.41) is 22.8. The number of sulfonamides is 1. The molecule has 8 rings (SSSR count). The summed E-state index contributed by atoms with van der Waals surface area (Å²) in [5.41, 5.74) is 7.99. The van der Waals surface area contributed by atoms with Gasteiger partial charge in [-0.15, -0.1) is 21.5 Å². The highest BCUT2D eigenvalue weighted by molar-refractivity contribution is 7.92. The van der Waals surface area contributed by atoms with Crippen LogP contribution in [-0.2, 0) is 26.0 Å². The number of methoxy groups -OCH3 is 1. The van der Waals surface area contributed by atoms with Gasteiger partial charge in [0.2, 0.25) is 0 Å². The van der Waals surface area contributed by atoms with E-state index < -0.39 is 34.0 Å².